The van der Waals surface area contributed by atoms with Gasteiger partial charge in [-0.25, -0.2) is 4.79 Å². The number of nitrogens with zero attached hydrogens (tertiary/aromatic N) is 1. The number of aliphatic carboxylic acids is 1. The number of hydrogen-bond acceptors (Lipinski definition) is 4. The molecular weight excluding hydrogens is 444 g/mol. The Bertz CT molecular complexity index is 1060. The van der Waals surface area contributed by atoms with Crippen molar-refractivity contribution in [3.63, 3.8) is 0 Å². The van der Waals surface area contributed by atoms with Crippen molar-refractivity contribution in [3.8, 4) is 11.1 Å². The number of benzene rings is 2. The summed E-state index contributed by atoms with van der Waals surface area (Å²) in [5.74, 6) is -1.00. The lowest BCUT2D eigenvalue weighted by molar-refractivity contribution is -0.146. The van der Waals surface area contributed by atoms with Gasteiger partial charge in [-0.2, -0.15) is 0 Å². The van der Waals surface area contributed by atoms with E-state index in [1.807, 2.05) is 45.0 Å². The summed E-state index contributed by atoms with van der Waals surface area (Å²) < 4.78 is 5.61. The van der Waals surface area contributed by atoms with Crippen LogP contribution in [0.3, 0.4) is 0 Å². The van der Waals surface area contributed by atoms with Gasteiger partial charge in [0, 0.05) is 24.9 Å². The van der Waals surface area contributed by atoms with Crippen molar-refractivity contribution in [2.45, 2.75) is 52.0 Å². The Morgan fingerprint density at radius 3 is 2.11 bits per heavy atom. The van der Waals surface area contributed by atoms with Crippen LogP contribution >= 0.6 is 0 Å². The minimum atomic E-state index is -1.01. The molecule has 2 N–H and O–H groups in total. The van der Waals surface area contributed by atoms with Gasteiger partial charge >= 0.3 is 12.1 Å². The molecule has 7 nitrogen and oxygen atoms in total. The topological polar surface area (TPSA) is 95.9 Å². The number of carbonyl (C=O) groups is 3. The van der Waals surface area contributed by atoms with Crippen LogP contribution in [0.4, 0.5) is 4.79 Å². The lowest BCUT2D eigenvalue weighted by Gasteiger charge is -2.37. The predicted octanol–water partition coefficient (Wildman–Crippen LogP) is 4.65. The molecule has 2 aliphatic carbocycles. The summed E-state index contributed by atoms with van der Waals surface area (Å²) in [7, 11) is 0. The second kappa shape index (κ2) is 10.1. The highest BCUT2D eigenvalue weighted by atomic mass is 16.5. The molecule has 0 aromatic heterocycles. The summed E-state index contributed by atoms with van der Waals surface area (Å²) in [4.78, 5) is 37.8. The van der Waals surface area contributed by atoms with Crippen LogP contribution in [-0.2, 0) is 14.3 Å². The lowest BCUT2D eigenvalue weighted by Crippen LogP contribution is -2.47. The fraction of sp³-hybridized carbons (Fsp3) is 0.464. The number of rotatable bonds is 8. The van der Waals surface area contributed by atoms with Gasteiger partial charge < -0.3 is 20.1 Å². The number of carboxylic acids is 1. The van der Waals surface area contributed by atoms with E-state index in [1.54, 1.807) is 0 Å². The third-order valence-corrected chi connectivity index (χ3v) is 6.71. The number of ether oxygens (including phenoxy) is 1. The van der Waals surface area contributed by atoms with Gasteiger partial charge in [0.1, 0.15) is 13.2 Å². The SMILES string of the molecule is CC(C)(C)CN(CC(=O)O)C(=O)CC1CC(NC(=O)OCC2c3ccccc3-c3ccccc32)C1. The van der Waals surface area contributed by atoms with Crippen molar-refractivity contribution in [2.24, 2.45) is 11.3 Å². The number of alkyl carbamates (subject to hydrolysis) is 1. The predicted molar refractivity (Wildman–Crippen MR) is 133 cm³/mol. The molecule has 0 spiro atoms. The van der Waals surface area contributed by atoms with E-state index in [0.717, 1.165) is 0 Å². The van der Waals surface area contributed by atoms with Crippen LogP contribution in [0.2, 0.25) is 0 Å². The third kappa shape index (κ3) is 6.02. The number of carbonyl (C=O) groups excluding carboxylic acids is 2. The van der Waals surface area contributed by atoms with E-state index in [1.165, 1.54) is 27.2 Å². The summed E-state index contributed by atoms with van der Waals surface area (Å²) in [5, 5.41) is 12.1. The quantitative estimate of drug-likeness (QED) is 0.576. The van der Waals surface area contributed by atoms with Gasteiger partial charge in [-0.05, 0) is 46.4 Å². The number of nitrogens with one attached hydrogen (secondary N) is 1. The summed E-state index contributed by atoms with van der Waals surface area (Å²) in [5.41, 5.74) is 4.53. The average molecular weight is 479 g/mol. The summed E-state index contributed by atoms with van der Waals surface area (Å²) in [6.07, 6.45) is 1.23. The van der Waals surface area contributed by atoms with Crippen molar-refractivity contribution in [2.75, 3.05) is 19.7 Å². The normalized spacial score (nSPS) is 18.7. The Balaban J connectivity index is 1.24. The number of fused-ring (bicyclic) bond motifs is 3. The van der Waals surface area contributed by atoms with Gasteiger partial charge in [-0.3, -0.25) is 9.59 Å². The first-order chi connectivity index (χ1) is 16.6. The molecule has 1 saturated carbocycles. The van der Waals surface area contributed by atoms with Crippen molar-refractivity contribution in [1.29, 1.82) is 0 Å². The van der Waals surface area contributed by atoms with Crippen molar-refractivity contribution < 1.29 is 24.2 Å². The van der Waals surface area contributed by atoms with E-state index in [9.17, 15) is 14.4 Å². The Hall–Kier alpha value is -3.35. The zero-order chi connectivity index (χ0) is 25.2. The van der Waals surface area contributed by atoms with Crippen LogP contribution in [0.25, 0.3) is 11.1 Å². The molecular formula is C28H34N2O5. The van der Waals surface area contributed by atoms with Crippen molar-refractivity contribution in [3.05, 3.63) is 59.7 Å². The van der Waals surface area contributed by atoms with Crippen LogP contribution in [0.15, 0.2) is 48.5 Å². The minimum absolute atomic E-state index is 0.0166. The van der Waals surface area contributed by atoms with Crippen molar-refractivity contribution >= 4 is 18.0 Å². The lowest BCUT2D eigenvalue weighted by atomic mass is 9.78. The fourth-order valence-corrected chi connectivity index (χ4v) is 5.17. The number of hydrogen-bond donors (Lipinski definition) is 2. The number of amides is 2. The number of carboxylic acid groups (broad SMARTS) is 1. The monoisotopic (exact) mass is 478 g/mol. The summed E-state index contributed by atoms with van der Waals surface area (Å²) >= 11 is 0. The fourth-order valence-electron chi connectivity index (χ4n) is 5.17. The average Bonchev–Trinajstić information content (AvgIpc) is 3.08. The first-order valence-electron chi connectivity index (χ1n) is 12.2. The van der Waals surface area contributed by atoms with Gasteiger partial charge in [0.15, 0.2) is 0 Å². The third-order valence-electron chi connectivity index (χ3n) is 6.71. The van der Waals surface area contributed by atoms with Crippen LogP contribution in [0.5, 0.6) is 0 Å². The molecule has 186 valence electrons. The zero-order valence-electron chi connectivity index (χ0n) is 20.6. The van der Waals surface area contributed by atoms with E-state index in [2.05, 4.69) is 29.6 Å². The van der Waals surface area contributed by atoms with Gasteiger partial charge in [0.25, 0.3) is 0 Å². The molecule has 35 heavy (non-hydrogen) atoms. The van der Waals surface area contributed by atoms with Gasteiger partial charge in [0.2, 0.25) is 5.91 Å². The standard InChI is InChI=1S/C28H34N2O5/c1-28(2,3)17-30(15-26(32)33)25(31)14-18-12-19(13-18)29-27(34)35-16-24-22-10-6-4-8-20(22)21-9-5-7-11-23(21)24/h4-11,18-19,24H,12-17H2,1-3H3,(H,29,34)(H,32,33). The van der Waals surface area contributed by atoms with Gasteiger partial charge in [-0.15, -0.1) is 0 Å². The largest absolute Gasteiger partial charge is 0.480 e. The molecule has 0 bridgehead atoms. The molecule has 0 radical (unpaired) electrons. The highest BCUT2D eigenvalue weighted by Gasteiger charge is 2.35. The smallest absolute Gasteiger partial charge is 0.407 e. The van der Waals surface area contributed by atoms with Crippen LogP contribution in [0, 0.1) is 11.3 Å². The van der Waals surface area contributed by atoms with E-state index in [-0.39, 0.29) is 42.4 Å². The van der Waals surface area contributed by atoms with Crippen molar-refractivity contribution in [1.82, 2.24) is 10.2 Å². The molecule has 2 aromatic carbocycles. The maximum absolute atomic E-state index is 12.7. The van der Waals surface area contributed by atoms with Gasteiger partial charge in [0.05, 0.1) is 0 Å². The van der Waals surface area contributed by atoms with Crippen LogP contribution in [-0.4, -0.2) is 53.7 Å². The summed E-state index contributed by atoms with van der Waals surface area (Å²) in [6, 6.07) is 16.4. The van der Waals surface area contributed by atoms with E-state index in [0.29, 0.717) is 25.8 Å². The molecule has 0 atom stereocenters. The van der Waals surface area contributed by atoms with E-state index < -0.39 is 12.1 Å². The molecule has 7 heteroatoms. The molecule has 4 rings (SSSR count). The Kier molecular flexibility index (Phi) is 7.15. The molecule has 2 amide bonds. The first-order valence-corrected chi connectivity index (χ1v) is 12.2. The molecule has 0 unspecified atom stereocenters. The second-order valence-corrected chi connectivity index (χ2v) is 10.9. The van der Waals surface area contributed by atoms with Gasteiger partial charge in [-0.1, -0.05) is 69.3 Å². The molecule has 2 aliphatic rings. The minimum Gasteiger partial charge on any atom is -0.480 e. The van der Waals surface area contributed by atoms with Crippen LogP contribution in [0.1, 0.15) is 57.1 Å². The Morgan fingerprint density at radius 2 is 1.57 bits per heavy atom. The Morgan fingerprint density at radius 1 is 1.00 bits per heavy atom. The van der Waals surface area contributed by atoms with E-state index >= 15 is 0 Å². The molecule has 2 aromatic rings. The summed E-state index contributed by atoms with van der Waals surface area (Å²) in [6.45, 7) is 6.31. The molecule has 0 saturated heterocycles. The second-order valence-electron chi connectivity index (χ2n) is 10.9. The van der Waals surface area contributed by atoms with E-state index in [4.69, 9.17) is 9.84 Å². The molecule has 1 fully saturated rings. The highest BCUT2D eigenvalue weighted by Crippen LogP contribution is 2.44. The highest BCUT2D eigenvalue weighted by molar-refractivity contribution is 5.82. The molecule has 0 aliphatic heterocycles. The molecule has 0 heterocycles. The first kappa shape index (κ1) is 24.8. The maximum atomic E-state index is 12.7. The Labute approximate surface area is 206 Å². The van der Waals surface area contributed by atoms with Crippen LogP contribution < -0.4 is 5.32 Å². The maximum Gasteiger partial charge on any atom is 0.407 e. The zero-order valence-corrected chi connectivity index (χ0v) is 20.6.